The van der Waals surface area contributed by atoms with Crippen molar-refractivity contribution in [2.24, 2.45) is 0 Å². The summed E-state index contributed by atoms with van der Waals surface area (Å²) in [5, 5.41) is 10.1. The SMILES string of the molecule is Cc1nnc(N2CCN(C(=O)c3ccccc3)CC2)s1. The van der Waals surface area contributed by atoms with E-state index in [1.54, 1.807) is 11.3 Å². The fraction of sp³-hybridized carbons (Fsp3) is 0.357. The highest BCUT2D eigenvalue weighted by Gasteiger charge is 2.23. The molecule has 1 saturated heterocycles. The first kappa shape index (κ1) is 13.1. The smallest absolute Gasteiger partial charge is 0.253 e. The minimum atomic E-state index is 0.110. The number of carbonyl (C=O) groups excluding carboxylic acids is 1. The van der Waals surface area contributed by atoms with Gasteiger partial charge in [0.2, 0.25) is 5.13 Å². The summed E-state index contributed by atoms with van der Waals surface area (Å²) in [5.41, 5.74) is 0.757. The molecule has 1 aromatic carbocycles. The molecule has 2 aromatic rings. The molecule has 0 bridgehead atoms. The van der Waals surface area contributed by atoms with Crippen molar-refractivity contribution < 1.29 is 4.79 Å². The molecule has 2 heterocycles. The molecule has 20 heavy (non-hydrogen) atoms. The first-order valence-electron chi connectivity index (χ1n) is 6.63. The molecule has 6 heteroatoms. The Morgan fingerprint density at radius 3 is 2.40 bits per heavy atom. The van der Waals surface area contributed by atoms with Crippen LogP contribution in [0, 0.1) is 6.92 Å². The van der Waals surface area contributed by atoms with Crippen LogP contribution < -0.4 is 4.90 Å². The number of amides is 1. The number of nitrogens with zero attached hydrogens (tertiary/aromatic N) is 4. The zero-order chi connectivity index (χ0) is 13.9. The van der Waals surface area contributed by atoms with E-state index >= 15 is 0 Å². The molecule has 0 spiro atoms. The quantitative estimate of drug-likeness (QED) is 0.845. The van der Waals surface area contributed by atoms with Crippen LogP contribution in [0.5, 0.6) is 0 Å². The number of hydrogen-bond donors (Lipinski definition) is 0. The number of hydrogen-bond acceptors (Lipinski definition) is 5. The molecule has 0 atom stereocenters. The predicted octanol–water partition coefficient (Wildman–Crippen LogP) is 1.81. The highest BCUT2D eigenvalue weighted by molar-refractivity contribution is 7.15. The molecule has 1 aromatic heterocycles. The summed E-state index contributed by atoms with van der Waals surface area (Å²) in [4.78, 5) is 16.4. The van der Waals surface area contributed by atoms with Crippen molar-refractivity contribution >= 4 is 22.4 Å². The first-order valence-corrected chi connectivity index (χ1v) is 7.45. The third-order valence-electron chi connectivity index (χ3n) is 3.37. The number of aromatic nitrogens is 2. The molecule has 0 aliphatic carbocycles. The summed E-state index contributed by atoms with van der Waals surface area (Å²) in [5.74, 6) is 0.110. The largest absolute Gasteiger partial charge is 0.343 e. The molecule has 5 nitrogen and oxygen atoms in total. The molecule has 0 saturated carbocycles. The van der Waals surface area contributed by atoms with Crippen molar-refractivity contribution in [2.75, 3.05) is 31.1 Å². The van der Waals surface area contributed by atoms with Gasteiger partial charge in [-0.05, 0) is 19.1 Å². The molecule has 104 valence electrons. The Labute approximate surface area is 121 Å². The van der Waals surface area contributed by atoms with Crippen LogP contribution in [0.1, 0.15) is 15.4 Å². The summed E-state index contributed by atoms with van der Waals surface area (Å²) in [6.07, 6.45) is 0. The van der Waals surface area contributed by atoms with Gasteiger partial charge in [-0.3, -0.25) is 4.79 Å². The maximum atomic E-state index is 12.3. The van der Waals surface area contributed by atoms with Crippen LogP contribution in [-0.2, 0) is 0 Å². The minimum Gasteiger partial charge on any atom is -0.343 e. The fourth-order valence-electron chi connectivity index (χ4n) is 2.28. The summed E-state index contributed by atoms with van der Waals surface area (Å²) in [6, 6.07) is 9.44. The molecular weight excluding hydrogens is 272 g/mol. The third kappa shape index (κ3) is 2.65. The van der Waals surface area contributed by atoms with E-state index in [2.05, 4.69) is 15.1 Å². The van der Waals surface area contributed by atoms with Gasteiger partial charge in [0, 0.05) is 31.7 Å². The lowest BCUT2D eigenvalue weighted by Gasteiger charge is -2.34. The molecule has 0 N–H and O–H groups in total. The maximum Gasteiger partial charge on any atom is 0.253 e. The van der Waals surface area contributed by atoms with E-state index in [-0.39, 0.29) is 5.91 Å². The highest BCUT2D eigenvalue weighted by Crippen LogP contribution is 2.21. The molecule has 1 aliphatic rings. The van der Waals surface area contributed by atoms with Gasteiger partial charge in [0.05, 0.1) is 0 Å². The minimum absolute atomic E-state index is 0.110. The Kier molecular flexibility index (Phi) is 3.64. The van der Waals surface area contributed by atoms with E-state index in [0.717, 1.165) is 41.9 Å². The molecule has 1 amide bonds. The fourth-order valence-corrected chi connectivity index (χ4v) is 3.02. The Morgan fingerprint density at radius 1 is 1.10 bits per heavy atom. The zero-order valence-electron chi connectivity index (χ0n) is 11.3. The third-order valence-corrected chi connectivity index (χ3v) is 4.27. The van der Waals surface area contributed by atoms with E-state index in [0.29, 0.717) is 0 Å². The first-order chi connectivity index (χ1) is 9.74. The molecule has 1 fully saturated rings. The number of aryl methyl sites for hydroxylation is 1. The Balaban J connectivity index is 1.63. The number of piperazine rings is 1. The number of carbonyl (C=O) groups is 1. The Bertz CT molecular complexity index is 590. The maximum absolute atomic E-state index is 12.3. The van der Waals surface area contributed by atoms with Gasteiger partial charge in [0.25, 0.3) is 5.91 Å². The second kappa shape index (κ2) is 5.58. The van der Waals surface area contributed by atoms with Gasteiger partial charge in [0.1, 0.15) is 5.01 Å². The van der Waals surface area contributed by atoms with Crippen LogP contribution in [-0.4, -0.2) is 47.2 Å². The van der Waals surface area contributed by atoms with Crippen molar-refractivity contribution in [1.29, 1.82) is 0 Å². The monoisotopic (exact) mass is 288 g/mol. The van der Waals surface area contributed by atoms with Gasteiger partial charge in [-0.15, -0.1) is 10.2 Å². The van der Waals surface area contributed by atoms with Gasteiger partial charge in [-0.2, -0.15) is 0 Å². The summed E-state index contributed by atoms with van der Waals surface area (Å²) < 4.78 is 0. The van der Waals surface area contributed by atoms with E-state index in [1.165, 1.54) is 0 Å². The van der Waals surface area contributed by atoms with Crippen molar-refractivity contribution in [3.8, 4) is 0 Å². The number of benzene rings is 1. The Hall–Kier alpha value is -1.95. The van der Waals surface area contributed by atoms with Gasteiger partial charge < -0.3 is 9.80 Å². The van der Waals surface area contributed by atoms with Crippen molar-refractivity contribution in [1.82, 2.24) is 15.1 Å². The second-order valence-corrected chi connectivity index (χ2v) is 5.91. The van der Waals surface area contributed by atoms with Gasteiger partial charge in [0.15, 0.2) is 0 Å². The van der Waals surface area contributed by atoms with E-state index in [9.17, 15) is 4.79 Å². The lowest BCUT2D eigenvalue weighted by atomic mass is 10.2. The van der Waals surface area contributed by atoms with Crippen LogP contribution in [0.15, 0.2) is 30.3 Å². The highest BCUT2D eigenvalue weighted by atomic mass is 32.1. The average Bonchev–Trinajstić information content (AvgIpc) is 2.94. The normalized spacial score (nSPS) is 15.4. The average molecular weight is 288 g/mol. The predicted molar refractivity (Wildman–Crippen MR) is 79.2 cm³/mol. The molecule has 3 rings (SSSR count). The summed E-state index contributed by atoms with van der Waals surface area (Å²) in [6.45, 7) is 5.04. The summed E-state index contributed by atoms with van der Waals surface area (Å²) in [7, 11) is 0. The zero-order valence-corrected chi connectivity index (χ0v) is 12.1. The number of anilines is 1. The van der Waals surface area contributed by atoms with E-state index < -0.39 is 0 Å². The molecule has 0 radical (unpaired) electrons. The topological polar surface area (TPSA) is 49.3 Å². The van der Waals surface area contributed by atoms with Crippen LogP contribution in [0.2, 0.25) is 0 Å². The standard InChI is InChI=1S/C14H16N4OS/c1-11-15-16-14(20-11)18-9-7-17(8-10-18)13(19)12-5-3-2-4-6-12/h2-6H,7-10H2,1H3. The van der Waals surface area contributed by atoms with Gasteiger partial charge >= 0.3 is 0 Å². The van der Waals surface area contributed by atoms with Gasteiger partial charge in [-0.1, -0.05) is 29.5 Å². The summed E-state index contributed by atoms with van der Waals surface area (Å²) >= 11 is 1.60. The van der Waals surface area contributed by atoms with Crippen molar-refractivity contribution in [3.05, 3.63) is 40.9 Å². The van der Waals surface area contributed by atoms with Crippen molar-refractivity contribution in [3.63, 3.8) is 0 Å². The van der Waals surface area contributed by atoms with E-state index in [1.807, 2.05) is 42.2 Å². The van der Waals surface area contributed by atoms with Crippen LogP contribution >= 0.6 is 11.3 Å². The van der Waals surface area contributed by atoms with Crippen LogP contribution in [0.4, 0.5) is 5.13 Å². The van der Waals surface area contributed by atoms with Crippen LogP contribution in [0.3, 0.4) is 0 Å². The Morgan fingerprint density at radius 2 is 1.80 bits per heavy atom. The van der Waals surface area contributed by atoms with Crippen LogP contribution in [0.25, 0.3) is 0 Å². The van der Waals surface area contributed by atoms with Gasteiger partial charge in [-0.25, -0.2) is 0 Å². The molecule has 1 aliphatic heterocycles. The molecular formula is C14H16N4OS. The van der Waals surface area contributed by atoms with E-state index in [4.69, 9.17) is 0 Å². The second-order valence-electron chi connectivity index (χ2n) is 4.75. The molecule has 0 unspecified atom stereocenters. The number of rotatable bonds is 2. The lowest BCUT2D eigenvalue weighted by molar-refractivity contribution is 0.0747. The van der Waals surface area contributed by atoms with Crippen molar-refractivity contribution in [2.45, 2.75) is 6.92 Å². The lowest BCUT2D eigenvalue weighted by Crippen LogP contribution is -2.48.